The lowest BCUT2D eigenvalue weighted by atomic mass is 9.67. The third kappa shape index (κ3) is 4.25. The Morgan fingerprint density at radius 2 is 2.17 bits per heavy atom. The van der Waals surface area contributed by atoms with Crippen molar-refractivity contribution in [2.45, 2.75) is 65.1 Å². The van der Waals surface area contributed by atoms with Crippen molar-refractivity contribution in [2.24, 2.45) is 11.3 Å². The van der Waals surface area contributed by atoms with Crippen LogP contribution in [0.25, 0.3) is 0 Å². The molecule has 0 saturated heterocycles. The number of hydrogen-bond donors (Lipinski definition) is 2. The average molecular weight is 258 g/mol. The number of aliphatic hydroxyl groups is 1. The third-order valence-corrected chi connectivity index (χ3v) is 3.79. The summed E-state index contributed by atoms with van der Waals surface area (Å²) >= 11 is 0. The van der Waals surface area contributed by atoms with Gasteiger partial charge in [-0.1, -0.05) is 19.8 Å². The molecule has 1 aliphatic carbocycles. The summed E-state index contributed by atoms with van der Waals surface area (Å²) in [4.78, 5) is 11.5. The van der Waals surface area contributed by atoms with Crippen LogP contribution in [0.4, 0.5) is 0 Å². The van der Waals surface area contributed by atoms with Crippen LogP contribution in [0.5, 0.6) is 0 Å². The lowest BCUT2D eigenvalue weighted by Gasteiger charge is -2.37. The molecule has 0 aromatic carbocycles. The van der Waals surface area contributed by atoms with Gasteiger partial charge in [0.15, 0.2) is 0 Å². The van der Waals surface area contributed by atoms with Crippen LogP contribution in [-0.4, -0.2) is 35.0 Å². The summed E-state index contributed by atoms with van der Waals surface area (Å²) in [6, 6.07) is 0. The first kappa shape index (κ1) is 15.4. The molecule has 2 N–H and O–H groups in total. The minimum Gasteiger partial charge on any atom is -0.481 e. The Bertz CT molecular complexity index is 277. The number of ether oxygens (including phenoxy) is 1. The molecule has 0 amide bonds. The van der Waals surface area contributed by atoms with E-state index in [1.54, 1.807) is 0 Å². The van der Waals surface area contributed by atoms with Crippen LogP contribution in [0.2, 0.25) is 0 Å². The fraction of sp³-hybridized carbons (Fsp3) is 0.929. The number of aliphatic carboxylic acids is 1. The molecule has 1 fully saturated rings. The quantitative estimate of drug-likeness (QED) is 0.768. The minimum absolute atomic E-state index is 0.0608. The Balaban J connectivity index is 2.59. The lowest BCUT2D eigenvalue weighted by Crippen LogP contribution is -2.40. The van der Waals surface area contributed by atoms with E-state index in [-0.39, 0.29) is 12.7 Å². The maximum absolute atomic E-state index is 11.5. The van der Waals surface area contributed by atoms with Crippen molar-refractivity contribution in [2.75, 3.05) is 6.61 Å². The number of carbonyl (C=O) groups is 1. The molecule has 4 nitrogen and oxygen atoms in total. The molecule has 106 valence electrons. The van der Waals surface area contributed by atoms with Crippen LogP contribution in [0.15, 0.2) is 0 Å². The van der Waals surface area contributed by atoms with Gasteiger partial charge in [0.2, 0.25) is 0 Å². The van der Waals surface area contributed by atoms with Crippen LogP contribution in [0.1, 0.15) is 52.9 Å². The summed E-state index contributed by atoms with van der Waals surface area (Å²) in [6.07, 6.45) is 3.05. The molecule has 1 aliphatic rings. The maximum atomic E-state index is 11.5. The van der Waals surface area contributed by atoms with E-state index >= 15 is 0 Å². The molecule has 0 radical (unpaired) electrons. The van der Waals surface area contributed by atoms with Crippen molar-refractivity contribution in [3.8, 4) is 0 Å². The van der Waals surface area contributed by atoms with Gasteiger partial charge in [-0.3, -0.25) is 4.79 Å². The molecule has 0 bridgehead atoms. The predicted octanol–water partition coefficient (Wildman–Crippen LogP) is 2.44. The van der Waals surface area contributed by atoms with Crippen molar-refractivity contribution < 1.29 is 19.7 Å². The highest BCUT2D eigenvalue weighted by Gasteiger charge is 2.43. The molecule has 0 aliphatic heterocycles. The van der Waals surface area contributed by atoms with Gasteiger partial charge in [0.25, 0.3) is 0 Å². The number of carboxylic acid groups (broad SMARTS) is 1. The smallest absolute Gasteiger partial charge is 0.309 e. The zero-order valence-electron chi connectivity index (χ0n) is 11.7. The number of hydrogen-bond acceptors (Lipinski definition) is 3. The molecule has 0 aromatic heterocycles. The standard InChI is InChI=1S/C14H26O4/c1-10(2)18-9-12(15)8-14(13(16)17)6-4-5-11(3)7-14/h10-12,15H,4-9H2,1-3H3,(H,16,17). The van der Waals surface area contributed by atoms with E-state index < -0.39 is 17.5 Å². The fourth-order valence-corrected chi connectivity index (χ4v) is 2.94. The third-order valence-electron chi connectivity index (χ3n) is 3.79. The van der Waals surface area contributed by atoms with E-state index in [0.29, 0.717) is 25.2 Å². The molecule has 1 saturated carbocycles. The second-order valence-electron chi connectivity index (χ2n) is 6.03. The first-order chi connectivity index (χ1) is 8.35. The number of aliphatic hydroxyl groups excluding tert-OH is 1. The van der Waals surface area contributed by atoms with Gasteiger partial charge in [-0.15, -0.1) is 0 Å². The molecule has 18 heavy (non-hydrogen) atoms. The highest BCUT2D eigenvalue weighted by Crippen LogP contribution is 2.43. The second kappa shape index (κ2) is 6.53. The Morgan fingerprint density at radius 1 is 1.50 bits per heavy atom. The van der Waals surface area contributed by atoms with Gasteiger partial charge in [-0.05, 0) is 39.0 Å². The Labute approximate surface area is 109 Å². The van der Waals surface area contributed by atoms with Gasteiger partial charge in [0, 0.05) is 0 Å². The van der Waals surface area contributed by atoms with Crippen molar-refractivity contribution in [1.29, 1.82) is 0 Å². The van der Waals surface area contributed by atoms with Gasteiger partial charge in [-0.25, -0.2) is 0 Å². The summed E-state index contributed by atoms with van der Waals surface area (Å²) in [6.45, 7) is 6.12. The maximum Gasteiger partial charge on any atom is 0.309 e. The monoisotopic (exact) mass is 258 g/mol. The molecular formula is C14H26O4. The van der Waals surface area contributed by atoms with Crippen molar-refractivity contribution in [3.05, 3.63) is 0 Å². The van der Waals surface area contributed by atoms with Crippen LogP contribution >= 0.6 is 0 Å². The summed E-state index contributed by atoms with van der Waals surface area (Å²) in [5.41, 5.74) is -0.753. The lowest BCUT2D eigenvalue weighted by molar-refractivity contribution is -0.155. The molecule has 1 rings (SSSR count). The molecule has 0 aromatic rings. The highest BCUT2D eigenvalue weighted by molar-refractivity contribution is 5.74. The highest BCUT2D eigenvalue weighted by atomic mass is 16.5. The van der Waals surface area contributed by atoms with E-state index in [4.69, 9.17) is 4.74 Å². The molecule has 3 unspecified atom stereocenters. The molecule has 0 spiro atoms. The topological polar surface area (TPSA) is 66.8 Å². The van der Waals surface area contributed by atoms with Gasteiger partial charge < -0.3 is 14.9 Å². The first-order valence-corrected chi connectivity index (χ1v) is 6.89. The van der Waals surface area contributed by atoms with E-state index in [9.17, 15) is 15.0 Å². The van der Waals surface area contributed by atoms with E-state index in [2.05, 4.69) is 6.92 Å². The van der Waals surface area contributed by atoms with Crippen molar-refractivity contribution in [1.82, 2.24) is 0 Å². The van der Waals surface area contributed by atoms with Crippen LogP contribution in [-0.2, 0) is 9.53 Å². The van der Waals surface area contributed by atoms with E-state index in [0.717, 1.165) is 12.8 Å². The summed E-state index contributed by atoms with van der Waals surface area (Å²) < 4.78 is 5.35. The van der Waals surface area contributed by atoms with Crippen molar-refractivity contribution in [3.63, 3.8) is 0 Å². The van der Waals surface area contributed by atoms with Crippen molar-refractivity contribution >= 4 is 5.97 Å². The molecular weight excluding hydrogens is 232 g/mol. The SMILES string of the molecule is CC1CCCC(CC(O)COC(C)C)(C(=O)O)C1. The predicted molar refractivity (Wildman–Crippen MR) is 69.4 cm³/mol. The molecule has 4 heteroatoms. The minimum atomic E-state index is -0.766. The van der Waals surface area contributed by atoms with E-state index in [1.165, 1.54) is 0 Å². The van der Waals surface area contributed by atoms with Gasteiger partial charge in [0.05, 0.1) is 24.2 Å². The number of rotatable bonds is 6. The Kier molecular flexibility index (Phi) is 5.60. The molecule has 0 heterocycles. The number of carboxylic acids is 1. The fourth-order valence-electron chi connectivity index (χ4n) is 2.94. The summed E-state index contributed by atoms with van der Waals surface area (Å²) in [7, 11) is 0. The second-order valence-corrected chi connectivity index (χ2v) is 6.03. The normalized spacial score (nSPS) is 30.4. The van der Waals surface area contributed by atoms with Crippen LogP contribution in [0.3, 0.4) is 0 Å². The van der Waals surface area contributed by atoms with Gasteiger partial charge in [0.1, 0.15) is 0 Å². The zero-order chi connectivity index (χ0) is 13.8. The van der Waals surface area contributed by atoms with Gasteiger partial charge in [-0.2, -0.15) is 0 Å². The Hall–Kier alpha value is -0.610. The van der Waals surface area contributed by atoms with Gasteiger partial charge >= 0.3 is 5.97 Å². The van der Waals surface area contributed by atoms with Crippen LogP contribution < -0.4 is 0 Å². The Morgan fingerprint density at radius 3 is 2.67 bits per heavy atom. The largest absolute Gasteiger partial charge is 0.481 e. The zero-order valence-corrected chi connectivity index (χ0v) is 11.7. The summed E-state index contributed by atoms with van der Waals surface area (Å²) in [5, 5.41) is 19.4. The van der Waals surface area contributed by atoms with Crippen LogP contribution in [0, 0.1) is 11.3 Å². The van der Waals surface area contributed by atoms with E-state index in [1.807, 2.05) is 13.8 Å². The molecule has 3 atom stereocenters. The summed E-state index contributed by atoms with van der Waals surface area (Å²) in [5.74, 6) is -0.342. The average Bonchev–Trinajstić information content (AvgIpc) is 2.26. The first-order valence-electron chi connectivity index (χ1n) is 6.89.